The minimum absolute atomic E-state index is 0. The molecule has 5 nitrogen and oxygen atoms in total. The van der Waals surface area contributed by atoms with Crippen LogP contribution in [0.1, 0.15) is 12.8 Å². The molecule has 0 radical (unpaired) electrons. The van der Waals surface area contributed by atoms with Gasteiger partial charge in [-0.3, -0.25) is 4.99 Å². The van der Waals surface area contributed by atoms with Crippen LogP contribution in [0.2, 0.25) is 0 Å². The molecule has 0 heterocycles. The molecule has 0 aliphatic carbocycles. The maximum Gasteiger partial charge on any atom is 0.191 e. The molecule has 18 heavy (non-hydrogen) atoms. The number of halogens is 1. The van der Waals surface area contributed by atoms with E-state index >= 15 is 0 Å². The van der Waals surface area contributed by atoms with Gasteiger partial charge < -0.3 is 20.1 Å². The van der Waals surface area contributed by atoms with Crippen molar-refractivity contribution in [2.45, 2.75) is 12.8 Å². The van der Waals surface area contributed by atoms with Gasteiger partial charge in [-0.2, -0.15) is 0 Å². The summed E-state index contributed by atoms with van der Waals surface area (Å²) in [4.78, 5) is 4.08. The Hall–Kier alpha value is -0.340. The van der Waals surface area contributed by atoms with Gasteiger partial charge in [0, 0.05) is 33.9 Å². The second kappa shape index (κ2) is 16.7. The van der Waals surface area contributed by atoms with E-state index in [9.17, 15) is 0 Å². The Balaban J connectivity index is 0. The molecule has 0 saturated heterocycles. The normalized spacial score (nSPS) is 10.7. The fraction of sp³-hybridized carbons (Fsp3) is 0.750. The van der Waals surface area contributed by atoms with E-state index in [1.54, 1.807) is 20.2 Å². The van der Waals surface area contributed by atoms with Crippen molar-refractivity contribution < 1.29 is 9.47 Å². The Kier molecular flexibility index (Phi) is 18.5. The zero-order valence-corrected chi connectivity index (χ0v) is 13.7. The minimum Gasteiger partial charge on any atom is -0.382 e. The van der Waals surface area contributed by atoms with Gasteiger partial charge >= 0.3 is 0 Å². The van der Waals surface area contributed by atoms with Crippen LogP contribution < -0.4 is 10.6 Å². The van der Waals surface area contributed by atoms with E-state index in [1.165, 1.54) is 0 Å². The quantitative estimate of drug-likeness (QED) is 0.200. The highest BCUT2D eigenvalue weighted by Gasteiger charge is 1.94. The van der Waals surface area contributed by atoms with E-state index in [2.05, 4.69) is 22.2 Å². The van der Waals surface area contributed by atoms with E-state index in [4.69, 9.17) is 9.47 Å². The Labute approximate surface area is 127 Å². The summed E-state index contributed by atoms with van der Waals surface area (Å²) in [5.74, 6) is 0.810. The zero-order valence-electron chi connectivity index (χ0n) is 11.4. The molecule has 0 bridgehead atoms. The van der Waals surface area contributed by atoms with Crippen molar-refractivity contribution in [3.63, 3.8) is 0 Å². The van der Waals surface area contributed by atoms with Crippen LogP contribution in [0.15, 0.2) is 17.6 Å². The third-order valence-corrected chi connectivity index (χ3v) is 2.08. The number of ether oxygens (including phenoxy) is 2. The third-order valence-electron chi connectivity index (χ3n) is 2.08. The molecule has 2 N–H and O–H groups in total. The Morgan fingerprint density at radius 2 is 2.00 bits per heavy atom. The molecule has 0 aromatic heterocycles. The van der Waals surface area contributed by atoms with Gasteiger partial charge in [0.15, 0.2) is 5.96 Å². The lowest BCUT2D eigenvalue weighted by molar-refractivity contribution is 0.0689. The zero-order chi connectivity index (χ0) is 12.8. The van der Waals surface area contributed by atoms with Gasteiger partial charge in [-0.05, 0) is 12.8 Å². The first-order valence-corrected chi connectivity index (χ1v) is 5.97. The van der Waals surface area contributed by atoms with Gasteiger partial charge in [-0.15, -0.1) is 30.6 Å². The lowest BCUT2D eigenvalue weighted by Gasteiger charge is -2.10. The van der Waals surface area contributed by atoms with E-state index in [1.807, 2.05) is 0 Å². The number of rotatable bonds is 10. The van der Waals surface area contributed by atoms with Crippen molar-refractivity contribution >= 4 is 29.9 Å². The maximum absolute atomic E-state index is 5.36. The number of hydrogen-bond donors (Lipinski definition) is 2. The highest BCUT2D eigenvalue weighted by Crippen LogP contribution is 1.88. The summed E-state index contributed by atoms with van der Waals surface area (Å²) in [5.41, 5.74) is 0. The van der Waals surface area contributed by atoms with Crippen LogP contribution in [0.4, 0.5) is 0 Å². The molecule has 0 amide bonds. The van der Waals surface area contributed by atoms with Gasteiger partial charge in [-0.1, -0.05) is 6.08 Å². The van der Waals surface area contributed by atoms with Crippen molar-refractivity contribution in [3.05, 3.63) is 12.7 Å². The minimum atomic E-state index is 0. The smallest absolute Gasteiger partial charge is 0.191 e. The van der Waals surface area contributed by atoms with Gasteiger partial charge in [0.2, 0.25) is 0 Å². The molecule has 0 saturated carbocycles. The van der Waals surface area contributed by atoms with Gasteiger partial charge in [-0.25, -0.2) is 0 Å². The molecule has 0 rings (SSSR count). The molecule has 0 aromatic carbocycles. The van der Waals surface area contributed by atoms with Gasteiger partial charge in [0.25, 0.3) is 0 Å². The molecular weight excluding hydrogens is 345 g/mol. The number of unbranched alkanes of at least 4 members (excludes halogenated alkanes) is 1. The SMILES string of the molecule is C=CCNC(=NC)NCCCCOCCOC.I. The summed E-state index contributed by atoms with van der Waals surface area (Å²) in [5, 5.41) is 6.33. The van der Waals surface area contributed by atoms with Crippen LogP contribution >= 0.6 is 24.0 Å². The fourth-order valence-corrected chi connectivity index (χ4v) is 1.17. The predicted octanol–water partition coefficient (Wildman–Crippen LogP) is 1.40. The van der Waals surface area contributed by atoms with Crippen LogP contribution in [0.25, 0.3) is 0 Å². The average molecular weight is 371 g/mol. The average Bonchev–Trinajstić information content (AvgIpc) is 2.36. The molecule has 108 valence electrons. The summed E-state index contributed by atoms with van der Waals surface area (Å²) in [6, 6.07) is 0. The van der Waals surface area contributed by atoms with Crippen molar-refractivity contribution in [1.29, 1.82) is 0 Å². The van der Waals surface area contributed by atoms with Gasteiger partial charge in [0.1, 0.15) is 0 Å². The van der Waals surface area contributed by atoms with Crippen molar-refractivity contribution in [1.82, 2.24) is 10.6 Å². The second-order valence-electron chi connectivity index (χ2n) is 3.48. The standard InChI is InChI=1S/C12H25N3O2.HI/c1-4-7-14-12(13-2)15-8-5-6-9-17-11-10-16-3;/h4H,1,5-11H2,2-3H3,(H2,13,14,15);1H. The van der Waals surface area contributed by atoms with Crippen molar-refractivity contribution in [2.24, 2.45) is 4.99 Å². The number of guanidine groups is 1. The molecule has 0 aromatic rings. The summed E-state index contributed by atoms with van der Waals surface area (Å²) < 4.78 is 10.2. The molecule has 0 unspecified atom stereocenters. The fourth-order valence-electron chi connectivity index (χ4n) is 1.17. The topological polar surface area (TPSA) is 54.9 Å². The summed E-state index contributed by atoms with van der Waals surface area (Å²) in [6.45, 7) is 7.37. The first-order chi connectivity index (χ1) is 8.35. The van der Waals surface area contributed by atoms with Crippen LogP contribution in [0.3, 0.4) is 0 Å². The Morgan fingerprint density at radius 3 is 2.61 bits per heavy atom. The predicted molar refractivity (Wildman–Crippen MR) is 86.9 cm³/mol. The molecule has 6 heteroatoms. The molecule has 0 spiro atoms. The summed E-state index contributed by atoms with van der Waals surface area (Å²) in [7, 11) is 3.43. The van der Waals surface area contributed by atoms with Crippen LogP contribution in [0, 0.1) is 0 Å². The van der Waals surface area contributed by atoms with Crippen molar-refractivity contribution in [3.8, 4) is 0 Å². The number of methoxy groups -OCH3 is 1. The maximum atomic E-state index is 5.36. The summed E-state index contributed by atoms with van der Waals surface area (Å²) in [6.07, 6.45) is 3.90. The molecule has 0 atom stereocenters. The van der Waals surface area contributed by atoms with Crippen LogP contribution in [-0.2, 0) is 9.47 Å². The number of hydrogen-bond acceptors (Lipinski definition) is 3. The van der Waals surface area contributed by atoms with E-state index in [0.717, 1.165) is 38.5 Å². The van der Waals surface area contributed by atoms with E-state index < -0.39 is 0 Å². The highest BCUT2D eigenvalue weighted by atomic mass is 127. The second-order valence-corrected chi connectivity index (χ2v) is 3.48. The van der Waals surface area contributed by atoms with Gasteiger partial charge in [0.05, 0.1) is 13.2 Å². The first-order valence-electron chi connectivity index (χ1n) is 5.97. The monoisotopic (exact) mass is 371 g/mol. The van der Waals surface area contributed by atoms with E-state index in [0.29, 0.717) is 13.2 Å². The van der Waals surface area contributed by atoms with Crippen LogP contribution in [-0.4, -0.2) is 53.0 Å². The summed E-state index contributed by atoms with van der Waals surface area (Å²) >= 11 is 0. The largest absolute Gasteiger partial charge is 0.382 e. The lowest BCUT2D eigenvalue weighted by Crippen LogP contribution is -2.37. The van der Waals surface area contributed by atoms with Crippen LogP contribution in [0.5, 0.6) is 0 Å². The molecule has 0 aliphatic rings. The third kappa shape index (κ3) is 13.7. The number of nitrogens with one attached hydrogen (secondary N) is 2. The molecule has 0 fully saturated rings. The van der Waals surface area contributed by atoms with Crippen molar-refractivity contribution in [2.75, 3.05) is 47.1 Å². The first kappa shape index (κ1) is 20.0. The lowest BCUT2D eigenvalue weighted by atomic mass is 10.3. The van der Waals surface area contributed by atoms with E-state index in [-0.39, 0.29) is 24.0 Å². The Morgan fingerprint density at radius 1 is 1.22 bits per heavy atom. The number of nitrogens with zero attached hydrogens (tertiary/aromatic N) is 1. The highest BCUT2D eigenvalue weighted by molar-refractivity contribution is 14.0. The number of aliphatic imine (C=N–C) groups is 1. The molecule has 0 aliphatic heterocycles. The molecular formula is C12H26IN3O2. The Bertz CT molecular complexity index is 213.